The number of benzene rings is 3. The van der Waals surface area contributed by atoms with Crippen molar-refractivity contribution >= 4 is 89.5 Å². The van der Waals surface area contributed by atoms with Crippen molar-refractivity contribution in [1.82, 2.24) is 16.2 Å². The predicted octanol–water partition coefficient (Wildman–Crippen LogP) is 5.13. The van der Waals surface area contributed by atoms with Crippen LogP contribution in [0.25, 0.3) is 16.8 Å². The van der Waals surface area contributed by atoms with Crippen LogP contribution in [0.2, 0.25) is 5.02 Å². The number of rotatable bonds is 5. The molecule has 10 heteroatoms. The van der Waals surface area contributed by atoms with Crippen LogP contribution in [0, 0.1) is 0 Å². The van der Waals surface area contributed by atoms with Crippen molar-refractivity contribution in [3.63, 3.8) is 0 Å². The molecule has 0 radical (unpaired) electrons. The van der Waals surface area contributed by atoms with Gasteiger partial charge in [0.05, 0.1) is 4.47 Å². The van der Waals surface area contributed by atoms with Crippen LogP contribution in [0.5, 0.6) is 5.75 Å². The fourth-order valence-corrected chi connectivity index (χ4v) is 3.96. The van der Waals surface area contributed by atoms with Crippen molar-refractivity contribution in [2.45, 2.75) is 0 Å². The SMILES string of the molecule is O=C(/C=C/c1ccccc1Cl)NC(=S)NNC(=O)COc1ccc2cc(Br)ccc2c1Br. The number of carbonyl (C=O) groups is 2. The van der Waals surface area contributed by atoms with Gasteiger partial charge in [-0.25, -0.2) is 0 Å². The molecule has 3 N–H and O–H groups in total. The first kappa shape index (κ1) is 24.2. The molecule has 3 aromatic carbocycles. The molecule has 0 aromatic heterocycles. The summed E-state index contributed by atoms with van der Waals surface area (Å²) in [4.78, 5) is 24.0. The van der Waals surface area contributed by atoms with E-state index in [9.17, 15) is 9.59 Å². The molecule has 164 valence electrons. The Balaban J connectivity index is 1.45. The number of carbonyl (C=O) groups excluding carboxylic acids is 2. The Bertz CT molecular complexity index is 1220. The van der Waals surface area contributed by atoms with Gasteiger partial charge in [-0.15, -0.1) is 0 Å². The smallest absolute Gasteiger partial charge is 0.276 e. The summed E-state index contributed by atoms with van der Waals surface area (Å²) >= 11 is 18.0. The number of nitrogens with one attached hydrogen (secondary N) is 3. The molecule has 0 saturated carbocycles. The summed E-state index contributed by atoms with van der Waals surface area (Å²) in [6, 6.07) is 16.6. The standard InChI is InChI=1S/C22H16Br2ClN3O3S/c23-15-7-8-16-14(11-15)5-9-18(21(16)24)31-12-20(30)27-28-22(32)26-19(29)10-6-13-3-1-2-4-17(13)25/h1-11H,12H2,(H,27,30)(H2,26,28,29,32)/b10-6+. The van der Waals surface area contributed by atoms with E-state index >= 15 is 0 Å². The van der Waals surface area contributed by atoms with E-state index in [0.717, 1.165) is 19.7 Å². The van der Waals surface area contributed by atoms with Crippen molar-refractivity contribution in [2.24, 2.45) is 0 Å². The van der Waals surface area contributed by atoms with Gasteiger partial charge in [0.15, 0.2) is 11.7 Å². The van der Waals surface area contributed by atoms with E-state index in [1.807, 2.05) is 30.3 Å². The van der Waals surface area contributed by atoms with Gasteiger partial charge in [0.1, 0.15) is 5.75 Å². The van der Waals surface area contributed by atoms with Gasteiger partial charge in [-0.2, -0.15) is 0 Å². The van der Waals surface area contributed by atoms with Crippen LogP contribution >= 0.6 is 55.7 Å². The molecule has 0 heterocycles. The lowest BCUT2D eigenvalue weighted by atomic mass is 10.1. The van der Waals surface area contributed by atoms with Gasteiger partial charge >= 0.3 is 0 Å². The number of hydrogen-bond acceptors (Lipinski definition) is 4. The molecule has 2 amide bonds. The average Bonchev–Trinajstić information content (AvgIpc) is 2.76. The van der Waals surface area contributed by atoms with Gasteiger partial charge in [0.25, 0.3) is 5.91 Å². The van der Waals surface area contributed by atoms with Gasteiger partial charge < -0.3 is 4.74 Å². The van der Waals surface area contributed by atoms with Crippen LogP contribution in [-0.2, 0) is 9.59 Å². The van der Waals surface area contributed by atoms with E-state index in [2.05, 4.69) is 48.0 Å². The van der Waals surface area contributed by atoms with E-state index in [4.69, 9.17) is 28.6 Å². The minimum Gasteiger partial charge on any atom is -0.483 e. The monoisotopic (exact) mass is 595 g/mol. The van der Waals surface area contributed by atoms with Crippen LogP contribution in [0.3, 0.4) is 0 Å². The Hall–Kier alpha value is -2.46. The largest absolute Gasteiger partial charge is 0.483 e. The average molecular weight is 598 g/mol. The Morgan fingerprint density at radius 2 is 1.84 bits per heavy atom. The first-order valence-electron chi connectivity index (χ1n) is 9.16. The zero-order chi connectivity index (χ0) is 23.1. The third-order valence-electron chi connectivity index (χ3n) is 4.11. The topological polar surface area (TPSA) is 79.5 Å². The van der Waals surface area contributed by atoms with Crippen LogP contribution in [0.4, 0.5) is 0 Å². The highest BCUT2D eigenvalue weighted by molar-refractivity contribution is 9.11. The fraction of sp³-hybridized carbons (Fsp3) is 0.0455. The second-order valence-electron chi connectivity index (χ2n) is 6.38. The number of fused-ring (bicyclic) bond motifs is 1. The second-order valence-corrected chi connectivity index (χ2v) is 8.90. The molecule has 3 rings (SSSR count). The van der Waals surface area contributed by atoms with Crippen molar-refractivity contribution in [3.8, 4) is 5.75 Å². The number of amides is 2. The normalized spacial score (nSPS) is 10.7. The molecular weight excluding hydrogens is 582 g/mol. The van der Waals surface area contributed by atoms with E-state index in [0.29, 0.717) is 16.3 Å². The van der Waals surface area contributed by atoms with E-state index < -0.39 is 11.8 Å². The van der Waals surface area contributed by atoms with Crippen LogP contribution in [-0.4, -0.2) is 23.5 Å². The number of hydrazine groups is 1. The molecule has 0 fully saturated rings. The zero-order valence-electron chi connectivity index (χ0n) is 16.3. The first-order chi connectivity index (χ1) is 15.3. The van der Waals surface area contributed by atoms with Crippen LogP contribution in [0.1, 0.15) is 5.56 Å². The summed E-state index contributed by atoms with van der Waals surface area (Å²) in [6.07, 6.45) is 2.85. The Morgan fingerprint density at radius 3 is 2.62 bits per heavy atom. The quantitative estimate of drug-likeness (QED) is 0.216. The lowest BCUT2D eigenvalue weighted by molar-refractivity contribution is -0.123. The molecule has 0 aliphatic heterocycles. The van der Waals surface area contributed by atoms with Crippen LogP contribution in [0.15, 0.2) is 69.6 Å². The van der Waals surface area contributed by atoms with Crippen molar-refractivity contribution in [1.29, 1.82) is 0 Å². The van der Waals surface area contributed by atoms with E-state index in [1.54, 1.807) is 30.3 Å². The number of hydrogen-bond donors (Lipinski definition) is 3. The zero-order valence-corrected chi connectivity index (χ0v) is 21.1. The lowest BCUT2D eigenvalue weighted by Crippen LogP contribution is -2.49. The summed E-state index contributed by atoms with van der Waals surface area (Å²) in [7, 11) is 0. The van der Waals surface area contributed by atoms with Crippen molar-refractivity contribution < 1.29 is 14.3 Å². The molecule has 0 saturated heterocycles. The fourth-order valence-electron chi connectivity index (χ4n) is 2.62. The maximum Gasteiger partial charge on any atom is 0.276 e. The Kier molecular flexibility index (Phi) is 8.63. The Morgan fingerprint density at radius 1 is 1.06 bits per heavy atom. The minimum absolute atomic E-state index is 0.0652. The highest BCUT2D eigenvalue weighted by Gasteiger charge is 2.10. The van der Waals surface area contributed by atoms with Gasteiger partial charge in [-0.05, 0) is 74.8 Å². The summed E-state index contributed by atoms with van der Waals surface area (Å²) in [5, 5.41) is 4.85. The maximum atomic E-state index is 12.1. The summed E-state index contributed by atoms with van der Waals surface area (Å²) in [5.74, 6) is -0.425. The van der Waals surface area contributed by atoms with Crippen molar-refractivity contribution in [2.75, 3.05) is 6.61 Å². The Labute approximate surface area is 211 Å². The molecule has 0 atom stereocenters. The molecule has 3 aromatic rings. The highest BCUT2D eigenvalue weighted by atomic mass is 79.9. The summed E-state index contributed by atoms with van der Waals surface area (Å²) < 4.78 is 7.30. The molecule has 0 bridgehead atoms. The summed E-state index contributed by atoms with van der Waals surface area (Å²) in [6.45, 7) is -0.253. The third-order valence-corrected chi connectivity index (χ3v) is 5.97. The molecule has 6 nitrogen and oxygen atoms in total. The van der Waals surface area contributed by atoms with Gasteiger partial charge in [0.2, 0.25) is 5.91 Å². The molecule has 0 aliphatic carbocycles. The van der Waals surface area contributed by atoms with Gasteiger partial charge in [-0.3, -0.25) is 25.8 Å². The minimum atomic E-state index is -0.476. The molecule has 32 heavy (non-hydrogen) atoms. The van der Waals surface area contributed by atoms with Gasteiger partial charge in [0, 0.05) is 15.6 Å². The second kappa shape index (κ2) is 11.4. The molecule has 0 spiro atoms. The number of ether oxygens (including phenoxy) is 1. The third kappa shape index (κ3) is 6.77. The highest BCUT2D eigenvalue weighted by Crippen LogP contribution is 2.34. The lowest BCUT2D eigenvalue weighted by Gasteiger charge is -2.12. The van der Waals surface area contributed by atoms with Crippen LogP contribution < -0.4 is 20.9 Å². The van der Waals surface area contributed by atoms with Gasteiger partial charge in [-0.1, -0.05) is 57.9 Å². The number of thiocarbonyl (C=S) groups is 1. The van der Waals surface area contributed by atoms with E-state index in [1.165, 1.54) is 6.08 Å². The van der Waals surface area contributed by atoms with Crippen molar-refractivity contribution in [3.05, 3.63) is 80.2 Å². The maximum absolute atomic E-state index is 12.1. The van der Waals surface area contributed by atoms with E-state index in [-0.39, 0.29) is 11.7 Å². The molecular formula is C22H16Br2ClN3O3S. The predicted molar refractivity (Wildman–Crippen MR) is 137 cm³/mol. The molecule has 0 aliphatic rings. The molecule has 0 unspecified atom stereocenters. The summed E-state index contributed by atoms with van der Waals surface area (Å²) in [5.41, 5.74) is 5.52. The first-order valence-corrected chi connectivity index (χ1v) is 11.5. The number of halogens is 3.